The number of aromatic nitrogens is 3. The van der Waals surface area contributed by atoms with E-state index in [1.807, 2.05) is 41.1 Å². The van der Waals surface area contributed by atoms with Crippen LogP contribution in [0.1, 0.15) is 0 Å². The van der Waals surface area contributed by atoms with Crippen LogP contribution in [-0.2, 0) is 0 Å². The summed E-state index contributed by atoms with van der Waals surface area (Å²) in [6.07, 6.45) is 5.49. The minimum atomic E-state index is 0.694. The number of benzene rings is 1. The Morgan fingerprint density at radius 2 is 2.06 bits per heavy atom. The second-order valence-electron chi connectivity index (χ2n) is 3.69. The number of hydrogen-bond donors (Lipinski definition) is 0. The van der Waals surface area contributed by atoms with Crippen LogP contribution in [0.4, 0.5) is 0 Å². The molecular formula is C12H7N3O. The molecule has 76 valence electrons. The number of nitrogens with zero attached hydrogens (tertiary/aromatic N) is 3. The second-order valence-corrected chi connectivity index (χ2v) is 3.69. The normalized spacial score (nSPS) is 11.8. The number of imidazole rings is 1. The fourth-order valence-corrected chi connectivity index (χ4v) is 1.97. The number of hydrogen-bond acceptors (Lipinski definition) is 3. The smallest absolute Gasteiger partial charge is 0.234 e. The summed E-state index contributed by atoms with van der Waals surface area (Å²) in [6, 6.07) is 7.89. The van der Waals surface area contributed by atoms with Crippen molar-refractivity contribution in [2.24, 2.45) is 0 Å². The van der Waals surface area contributed by atoms with Crippen molar-refractivity contribution in [3.05, 3.63) is 42.9 Å². The average molecular weight is 209 g/mol. The van der Waals surface area contributed by atoms with Gasteiger partial charge in [-0.15, -0.1) is 0 Å². The van der Waals surface area contributed by atoms with Gasteiger partial charge in [-0.25, -0.2) is 9.97 Å². The van der Waals surface area contributed by atoms with Gasteiger partial charge in [0.05, 0.1) is 6.20 Å². The van der Waals surface area contributed by atoms with Gasteiger partial charge < -0.3 is 4.42 Å². The summed E-state index contributed by atoms with van der Waals surface area (Å²) in [5.74, 6) is 0.694. The molecule has 4 nitrogen and oxygen atoms in total. The maximum absolute atomic E-state index is 5.72. The van der Waals surface area contributed by atoms with Crippen LogP contribution in [0.3, 0.4) is 0 Å². The first-order valence-electron chi connectivity index (χ1n) is 5.03. The van der Waals surface area contributed by atoms with Crippen molar-refractivity contribution < 1.29 is 4.42 Å². The highest BCUT2D eigenvalue weighted by atomic mass is 16.3. The Kier molecular flexibility index (Phi) is 1.28. The third-order valence-electron chi connectivity index (χ3n) is 2.71. The van der Waals surface area contributed by atoms with Crippen LogP contribution in [0.25, 0.3) is 27.8 Å². The maximum Gasteiger partial charge on any atom is 0.234 e. The highest BCUT2D eigenvalue weighted by Crippen LogP contribution is 2.26. The molecule has 4 rings (SSSR count). The van der Waals surface area contributed by atoms with Crippen molar-refractivity contribution in [1.82, 2.24) is 14.4 Å². The molecule has 0 radical (unpaired) electrons. The van der Waals surface area contributed by atoms with Crippen molar-refractivity contribution in [2.45, 2.75) is 0 Å². The molecule has 3 aromatic heterocycles. The molecule has 4 aromatic rings. The van der Waals surface area contributed by atoms with E-state index in [0.29, 0.717) is 5.78 Å². The first kappa shape index (κ1) is 7.87. The zero-order valence-electron chi connectivity index (χ0n) is 8.29. The Morgan fingerprint density at radius 3 is 3.06 bits per heavy atom. The molecule has 1 aromatic carbocycles. The molecular weight excluding hydrogens is 202 g/mol. The van der Waals surface area contributed by atoms with E-state index in [9.17, 15) is 0 Å². The van der Waals surface area contributed by atoms with Gasteiger partial charge in [-0.05, 0) is 12.1 Å². The van der Waals surface area contributed by atoms with Crippen LogP contribution in [0.5, 0.6) is 0 Å². The lowest BCUT2D eigenvalue weighted by Gasteiger charge is -1.91. The number of para-hydroxylation sites is 1. The van der Waals surface area contributed by atoms with E-state index in [0.717, 1.165) is 22.1 Å². The van der Waals surface area contributed by atoms with E-state index in [-0.39, 0.29) is 0 Å². The monoisotopic (exact) mass is 209 g/mol. The number of furan rings is 1. The zero-order valence-corrected chi connectivity index (χ0v) is 8.29. The minimum absolute atomic E-state index is 0.694. The molecule has 0 aliphatic carbocycles. The quantitative estimate of drug-likeness (QED) is 0.447. The van der Waals surface area contributed by atoms with Gasteiger partial charge in [0.1, 0.15) is 11.1 Å². The van der Waals surface area contributed by atoms with Gasteiger partial charge in [-0.1, -0.05) is 12.1 Å². The van der Waals surface area contributed by atoms with Crippen molar-refractivity contribution in [2.75, 3.05) is 0 Å². The van der Waals surface area contributed by atoms with E-state index in [4.69, 9.17) is 4.42 Å². The van der Waals surface area contributed by atoms with Gasteiger partial charge in [0.2, 0.25) is 5.78 Å². The summed E-state index contributed by atoms with van der Waals surface area (Å²) in [7, 11) is 0. The Labute approximate surface area is 90.1 Å². The van der Waals surface area contributed by atoms with Crippen LogP contribution in [0.15, 0.2) is 47.3 Å². The standard InChI is InChI=1S/C12H7N3O/c1-2-4-9-8(3-1)11-10(16-9)7-15-6-5-13-12(15)14-11/h1-7H. The third-order valence-corrected chi connectivity index (χ3v) is 2.71. The van der Waals surface area contributed by atoms with Crippen LogP contribution in [0.2, 0.25) is 0 Å². The molecule has 0 amide bonds. The van der Waals surface area contributed by atoms with Crippen LogP contribution < -0.4 is 0 Å². The highest BCUT2D eigenvalue weighted by molar-refractivity contribution is 6.02. The van der Waals surface area contributed by atoms with Crippen LogP contribution >= 0.6 is 0 Å². The van der Waals surface area contributed by atoms with Crippen molar-refractivity contribution in [3.63, 3.8) is 0 Å². The van der Waals surface area contributed by atoms with Crippen molar-refractivity contribution in [1.29, 1.82) is 0 Å². The Balaban J connectivity index is 2.32. The fraction of sp³-hybridized carbons (Fsp3) is 0. The van der Waals surface area contributed by atoms with Gasteiger partial charge in [0.15, 0.2) is 5.58 Å². The fourth-order valence-electron chi connectivity index (χ4n) is 1.97. The topological polar surface area (TPSA) is 43.3 Å². The van der Waals surface area contributed by atoms with Crippen LogP contribution in [-0.4, -0.2) is 14.4 Å². The lowest BCUT2D eigenvalue weighted by atomic mass is 10.2. The highest BCUT2D eigenvalue weighted by Gasteiger charge is 2.09. The largest absolute Gasteiger partial charge is 0.453 e. The first-order chi connectivity index (χ1) is 7.92. The molecule has 0 unspecified atom stereocenters. The molecule has 0 aliphatic heterocycles. The molecule has 0 spiro atoms. The summed E-state index contributed by atoms with van der Waals surface area (Å²) < 4.78 is 7.57. The van der Waals surface area contributed by atoms with Gasteiger partial charge in [0, 0.05) is 17.8 Å². The van der Waals surface area contributed by atoms with Gasteiger partial charge in [0.25, 0.3) is 0 Å². The molecule has 0 saturated heterocycles. The van der Waals surface area contributed by atoms with Gasteiger partial charge in [-0.2, -0.15) is 0 Å². The molecule has 0 saturated carbocycles. The second kappa shape index (κ2) is 2.61. The maximum atomic E-state index is 5.72. The van der Waals surface area contributed by atoms with Crippen molar-refractivity contribution >= 4 is 27.8 Å². The molecule has 0 aliphatic rings. The van der Waals surface area contributed by atoms with E-state index in [2.05, 4.69) is 9.97 Å². The lowest BCUT2D eigenvalue weighted by Crippen LogP contribution is -1.86. The molecule has 0 fully saturated rings. The lowest BCUT2D eigenvalue weighted by molar-refractivity contribution is 0.665. The Hall–Kier alpha value is -2.36. The predicted molar refractivity (Wildman–Crippen MR) is 60.3 cm³/mol. The zero-order chi connectivity index (χ0) is 10.5. The molecule has 4 heteroatoms. The summed E-state index contributed by atoms with van der Waals surface area (Å²) >= 11 is 0. The molecule has 3 heterocycles. The molecule has 16 heavy (non-hydrogen) atoms. The summed E-state index contributed by atoms with van der Waals surface area (Å²) in [4.78, 5) is 8.65. The minimum Gasteiger partial charge on any atom is -0.453 e. The average Bonchev–Trinajstić information content (AvgIpc) is 2.88. The Bertz CT molecular complexity index is 813. The molecule has 0 atom stereocenters. The number of fused-ring (bicyclic) bond motifs is 4. The summed E-state index contributed by atoms with van der Waals surface area (Å²) in [5.41, 5.74) is 2.51. The van der Waals surface area contributed by atoms with Gasteiger partial charge >= 0.3 is 0 Å². The summed E-state index contributed by atoms with van der Waals surface area (Å²) in [6.45, 7) is 0. The van der Waals surface area contributed by atoms with Gasteiger partial charge in [-0.3, -0.25) is 4.40 Å². The molecule has 0 N–H and O–H groups in total. The SMILES string of the molecule is c1ccc2c(c1)oc1cn3ccnc3nc12. The van der Waals surface area contributed by atoms with E-state index in [1.54, 1.807) is 6.20 Å². The molecule has 0 bridgehead atoms. The number of rotatable bonds is 0. The van der Waals surface area contributed by atoms with Crippen LogP contribution in [0, 0.1) is 0 Å². The summed E-state index contributed by atoms with van der Waals surface area (Å²) in [5, 5.41) is 1.03. The van der Waals surface area contributed by atoms with Crippen molar-refractivity contribution in [3.8, 4) is 0 Å². The van der Waals surface area contributed by atoms with E-state index in [1.165, 1.54) is 0 Å². The predicted octanol–water partition coefficient (Wildman–Crippen LogP) is 2.63. The third kappa shape index (κ3) is 0.883. The van der Waals surface area contributed by atoms with E-state index >= 15 is 0 Å². The first-order valence-corrected chi connectivity index (χ1v) is 5.03. The Morgan fingerprint density at radius 1 is 1.12 bits per heavy atom. The van der Waals surface area contributed by atoms with E-state index < -0.39 is 0 Å².